The van der Waals surface area contributed by atoms with Crippen molar-refractivity contribution in [3.8, 4) is 0 Å². The summed E-state index contributed by atoms with van der Waals surface area (Å²) in [6.45, 7) is 9.49. The van der Waals surface area contributed by atoms with Crippen LogP contribution >= 0.6 is 0 Å². The largest absolute Gasteiger partial charge is 0.370 e. The smallest absolute Gasteiger partial charge is 0.130 e. The standard InChI is InChI=1S/C13H23N3/c1-4-7-14-10-12-6-5-8-15-13(12)16-9-11(2)3/h5-6,8,11,14H,4,7,9-10H2,1-3H3,(H,15,16). The zero-order chi connectivity index (χ0) is 11.8. The van der Waals surface area contributed by atoms with Gasteiger partial charge in [0.1, 0.15) is 5.82 Å². The van der Waals surface area contributed by atoms with E-state index in [1.165, 1.54) is 5.56 Å². The Morgan fingerprint density at radius 1 is 1.38 bits per heavy atom. The van der Waals surface area contributed by atoms with E-state index in [2.05, 4.69) is 42.5 Å². The second-order valence-corrected chi connectivity index (χ2v) is 4.46. The van der Waals surface area contributed by atoms with Gasteiger partial charge in [0.15, 0.2) is 0 Å². The number of nitrogens with zero attached hydrogens (tertiary/aromatic N) is 1. The van der Waals surface area contributed by atoms with Gasteiger partial charge in [-0.2, -0.15) is 0 Å². The van der Waals surface area contributed by atoms with Gasteiger partial charge in [0.05, 0.1) is 0 Å². The van der Waals surface area contributed by atoms with Crippen molar-refractivity contribution in [2.45, 2.75) is 33.7 Å². The Morgan fingerprint density at radius 2 is 2.19 bits per heavy atom. The maximum Gasteiger partial charge on any atom is 0.130 e. The van der Waals surface area contributed by atoms with Crippen molar-refractivity contribution in [1.82, 2.24) is 10.3 Å². The van der Waals surface area contributed by atoms with Crippen LogP contribution in [0.1, 0.15) is 32.8 Å². The monoisotopic (exact) mass is 221 g/mol. The van der Waals surface area contributed by atoms with Crippen molar-refractivity contribution in [2.75, 3.05) is 18.4 Å². The van der Waals surface area contributed by atoms with Crippen LogP contribution in [0.4, 0.5) is 5.82 Å². The molecule has 16 heavy (non-hydrogen) atoms. The maximum atomic E-state index is 4.38. The summed E-state index contributed by atoms with van der Waals surface area (Å²) < 4.78 is 0. The first kappa shape index (κ1) is 13.0. The third-order valence-corrected chi connectivity index (χ3v) is 2.31. The van der Waals surface area contributed by atoms with Crippen LogP contribution < -0.4 is 10.6 Å². The van der Waals surface area contributed by atoms with Crippen LogP contribution in [0.5, 0.6) is 0 Å². The summed E-state index contributed by atoms with van der Waals surface area (Å²) in [4.78, 5) is 4.38. The van der Waals surface area contributed by atoms with Gasteiger partial charge in [0, 0.05) is 24.8 Å². The molecule has 0 aliphatic heterocycles. The van der Waals surface area contributed by atoms with Crippen LogP contribution in [0.3, 0.4) is 0 Å². The van der Waals surface area contributed by atoms with E-state index in [4.69, 9.17) is 0 Å². The van der Waals surface area contributed by atoms with Gasteiger partial charge in [-0.1, -0.05) is 26.8 Å². The average Bonchev–Trinajstić information content (AvgIpc) is 2.28. The third kappa shape index (κ3) is 4.62. The Hall–Kier alpha value is -1.09. The van der Waals surface area contributed by atoms with Crippen LogP contribution in [-0.4, -0.2) is 18.1 Å². The van der Waals surface area contributed by atoms with Gasteiger partial charge in [-0.05, 0) is 24.9 Å². The minimum absolute atomic E-state index is 0.637. The Kier molecular flexibility index (Phi) is 5.86. The zero-order valence-corrected chi connectivity index (χ0v) is 10.6. The maximum absolute atomic E-state index is 4.38. The van der Waals surface area contributed by atoms with Crippen molar-refractivity contribution in [1.29, 1.82) is 0 Å². The topological polar surface area (TPSA) is 37.0 Å². The summed E-state index contributed by atoms with van der Waals surface area (Å²) in [6, 6.07) is 4.11. The normalized spacial score (nSPS) is 10.8. The van der Waals surface area contributed by atoms with E-state index in [1.807, 2.05) is 12.3 Å². The van der Waals surface area contributed by atoms with E-state index in [0.717, 1.165) is 31.9 Å². The van der Waals surface area contributed by atoms with Gasteiger partial charge < -0.3 is 10.6 Å². The second kappa shape index (κ2) is 7.23. The van der Waals surface area contributed by atoms with Crippen LogP contribution in [0.15, 0.2) is 18.3 Å². The summed E-state index contributed by atoms with van der Waals surface area (Å²) in [5.74, 6) is 1.65. The van der Waals surface area contributed by atoms with Crippen LogP contribution in [0.2, 0.25) is 0 Å². The zero-order valence-electron chi connectivity index (χ0n) is 10.6. The predicted molar refractivity (Wildman–Crippen MR) is 69.6 cm³/mol. The number of aromatic nitrogens is 1. The lowest BCUT2D eigenvalue weighted by Gasteiger charge is -2.12. The summed E-state index contributed by atoms with van der Waals surface area (Å²) in [7, 11) is 0. The fraction of sp³-hybridized carbons (Fsp3) is 0.615. The Morgan fingerprint density at radius 3 is 2.88 bits per heavy atom. The van der Waals surface area contributed by atoms with Gasteiger partial charge in [-0.25, -0.2) is 4.98 Å². The first-order chi connectivity index (χ1) is 7.74. The summed E-state index contributed by atoms with van der Waals surface area (Å²) in [6.07, 6.45) is 3.00. The van der Waals surface area contributed by atoms with Gasteiger partial charge in [-0.15, -0.1) is 0 Å². The highest BCUT2D eigenvalue weighted by Gasteiger charge is 2.02. The van der Waals surface area contributed by atoms with Crippen molar-refractivity contribution < 1.29 is 0 Å². The number of anilines is 1. The summed E-state index contributed by atoms with van der Waals surface area (Å²) in [5, 5.41) is 6.79. The molecule has 0 amide bonds. The number of nitrogens with one attached hydrogen (secondary N) is 2. The van der Waals surface area contributed by atoms with E-state index >= 15 is 0 Å². The molecular weight excluding hydrogens is 198 g/mol. The summed E-state index contributed by atoms with van der Waals surface area (Å²) in [5.41, 5.74) is 1.25. The SMILES string of the molecule is CCCNCc1cccnc1NCC(C)C. The molecule has 3 nitrogen and oxygen atoms in total. The molecule has 0 saturated heterocycles. The highest BCUT2D eigenvalue weighted by atomic mass is 15.0. The van der Waals surface area contributed by atoms with Crippen molar-refractivity contribution in [3.63, 3.8) is 0 Å². The number of hydrogen-bond acceptors (Lipinski definition) is 3. The fourth-order valence-electron chi connectivity index (χ4n) is 1.44. The average molecular weight is 221 g/mol. The van der Waals surface area contributed by atoms with Crippen LogP contribution in [0.25, 0.3) is 0 Å². The van der Waals surface area contributed by atoms with Gasteiger partial charge in [-0.3, -0.25) is 0 Å². The van der Waals surface area contributed by atoms with Crippen molar-refractivity contribution in [2.24, 2.45) is 5.92 Å². The molecule has 0 fully saturated rings. The van der Waals surface area contributed by atoms with E-state index in [1.54, 1.807) is 0 Å². The molecule has 1 rings (SSSR count). The van der Waals surface area contributed by atoms with Crippen molar-refractivity contribution >= 4 is 5.82 Å². The molecule has 0 bridgehead atoms. The lowest BCUT2D eigenvalue weighted by Crippen LogP contribution is -2.17. The first-order valence-corrected chi connectivity index (χ1v) is 6.12. The molecule has 3 heteroatoms. The molecule has 0 aliphatic carbocycles. The first-order valence-electron chi connectivity index (χ1n) is 6.12. The van der Waals surface area contributed by atoms with Crippen LogP contribution in [0, 0.1) is 5.92 Å². The van der Waals surface area contributed by atoms with E-state index in [-0.39, 0.29) is 0 Å². The molecule has 1 heterocycles. The van der Waals surface area contributed by atoms with Crippen molar-refractivity contribution in [3.05, 3.63) is 23.9 Å². The van der Waals surface area contributed by atoms with E-state index < -0.39 is 0 Å². The van der Waals surface area contributed by atoms with Gasteiger partial charge in [0.2, 0.25) is 0 Å². The number of hydrogen-bond donors (Lipinski definition) is 2. The summed E-state index contributed by atoms with van der Waals surface area (Å²) >= 11 is 0. The minimum atomic E-state index is 0.637. The molecule has 2 N–H and O–H groups in total. The molecule has 0 aromatic carbocycles. The van der Waals surface area contributed by atoms with Gasteiger partial charge >= 0.3 is 0 Å². The molecule has 0 spiro atoms. The molecule has 0 aliphatic rings. The van der Waals surface area contributed by atoms with Crippen LogP contribution in [-0.2, 0) is 6.54 Å². The lowest BCUT2D eigenvalue weighted by atomic mass is 10.2. The molecule has 0 saturated carbocycles. The minimum Gasteiger partial charge on any atom is -0.370 e. The Labute approximate surface area is 98.7 Å². The molecule has 1 aromatic rings. The van der Waals surface area contributed by atoms with E-state index in [0.29, 0.717) is 5.92 Å². The molecule has 0 unspecified atom stereocenters. The predicted octanol–water partition coefficient (Wildman–Crippen LogP) is 2.65. The molecule has 1 aromatic heterocycles. The quantitative estimate of drug-likeness (QED) is 0.695. The molecular formula is C13H23N3. The van der Waals surface area contributed by atoms with E-state index in [9.17, 15) is 0 Å². The lowest BCUT2D eigenvalue weighted by molar-refractivity contribution is 0.667. The highest BCUT2D eigenvalue weighted by molar-refractivity contribution is 5.43. The number of rotatable bonds is 7. The van der Waals surface area contributed by atoms with Gasteiger partial charge in [0.25, 0.3) is 0 Å². The molecule has 90 valence electrons. The number of pyridine rings is 1. The molecule has 0 radical (unpaired) electrons. The fourth-order valence-corrected chi connectivity index (χ4v) is 1.44. The Balaban J connectivity index is 2.53. The highest BCUT2D eigenvalue weighted by Crippen LogP contribution is 2.11. The Bertz CT molecular complexity index is 297. The molecule has 0 atom stereocenters. The third-order valence-electron chi connectivity index (χ3n) is 2.31. The second-order valence-electron chi connectivity index (χ2n) is 4.46.